The summed E-state index contributed by atoms with van der Waals surface area (Å²) in [5, 5.41) is 2.81. The lowest BCUT2D eigenvalue weighted by Gasteiger charge is -2.17. The van der Waals surface area contributed by atoms with E-state index in [4.69, 9.17) is 5.73 Å². The molecule has 5 heteroatoms. The fourth-order valence-electron chi connectivity index (χ4n) is 2.46. The van der Waals surface area contributed by atoms with Gasteiger partial charge in [0.25, 0.3) is 5.91 Å². The van der Waals surface area contributed by atoms with Crippen LogP contribution in [-0.4, -0.2) is 30.4 Å². The third-order valence-electron chi connectivity index (χ3n) is 3.81. The van der Waals surface area contributed by atoms with Crippen LogP contribution in [-0.2, 0) is 16.0 Å². The Morgan fingerprint density at radius 2 is 2.14 bits per heavy atom. The molecule has 22 heavy (non-hydrogen) atoms. The van der Waals surface area contributed by atoms with E-state index in [1.165, 1.54) is 11.6 Å². The van der Waals surface area contributed by atoms with Crippen LogP contribution in [0, 0.1) is 0 Å². The lowest BCUT2D eigenvalue weighted by atomic mass is 10.1. The molecule has 2 atom stereocenters. The molecule has 0 aliphatic carbocycles. The van der Waals surface area contributed by atoms with E-state index in [2.05, 4.69) is 5.32 Å². The van der Waals surface area contributed by atoms with E-state index in [0.717, 1.165) is 12.1 Å². The summed E-state index contributed by atoms with van der Waals surface area (Å²) >= 11 is 0. The zero-order chi connectivity index (χ0) is 16.1. The smallest absolute Gasteiger partial charge is 0.250 e. The van der Waals surface area contributed by atoms with Crippen molar-refractivity contribution in [2.45, 2.75) is 38.8 Å². The van der Waals surface area contributed by atoms with Gasteiger partial charge in [0.15, 0.2) is 0 Å². The van der Waals surface area contributed by atoms with Crippen molar-refractivity contribution in [2.75, 3.05) is 11.4 Å². The molecule has 1 aliphatic heterocycles. The summed E-state index contributed by atoms with van der Waals surface area (Å²) in [5.74, 6) is -0.270. The molecular formula is C17H23N3O2. The first-order chi connectivity index (χ1) is 10.5. The van der Waals surface area contributed by atoms with Gasteiger partial charge < -0.3 is 16.0 Å². The van der Waals surface area contributed by atoms with Crippen molar-refractivity contribution in [1.82, 2.24) is 5.32 Å². The van der Waals surface area contributed by atoms with E-state index >= 15 is 0 Å². The number of fused-ring (bicyclic) bond motifs is 1. The molecule has 0 aromatic heterocycles. The molecule has 0 saturated heterocycles. The Morgan fingerprint density at radius 1 is 1.41 bits per heavy atom. The molecule has 1 aromatic carbocycles. The van der Waals surface area contributed by atoms with Crippen molar-refractivity contribution < 1.29 is 9.59 Å². The number of anilines is 1. The summed E-state index contributed by atoms with van der Waals surface area (Å²) in [7, 11) is 0. The van der Waals surface area contributed by atoms with Gasteiger partial charge in [-0.1, -0.05) is 31.2 Å². The molecule has 0 bridgehead atoms. The maximum absolute atomic E-state index is 12.3. The van der Waals surface area contributed by atoms with Crippen LogP contribution in [0.15, 0.2) is 36.4 Å². The maximum Gasteiger partial charge on any atom is 0.250 e. The number of nitrogens with one attached hydrogen (secondary N) is 1. The first-order valence-corrected chi connectivity index (χ1v) is 7.66. The van der Waals surface area contributed by atoms with Gasteiger partial charge in [-0.15, -0.1) is 0 Å². The number of amides is 2. The van der Waals surface area contributed by atoms with Crippen LogP contribution in [0.3, 0.4) is 0 Å². The predicted molar refractivity (Wildman–Crippen MR) is 87.5 cm³/mol. The summed E-state index contributed by atoms with van der Waals surface area (Å²) in [5.41, 5.74) is 7.71. The molecule has 1 aromatic rings. The molecule has 2 amide bonds. The second kappa shape index (κ2) is 7.22. The quantitative estimate of drug-likeness (QED) is 0.807. The normalized spacial score (nSPS) is 16.4. The van der Waals surface area contributed by atoms with Gasteiger partial charge in [-0.05, 0) is 31.4 Å². The van der Waals surface area contributed by atoms with Crippen molar-refractivity contribution in [3.63, 3.8) is 0 Å². The fourth-order valence-corrected chi connectivity index (χ4v) is 2.46. The number of hydrogen-bond acceptors (Lipinski definition) is 3. The summed E-state index contributed by atoms with van der Waals surface area (Å²) in [6, 6.07) is 7.20. The van der Waals surface area contributed by atoms with E-state index in [1.807, 2.05) is 31.2 Å². The van der Waals surface area contributed by atoms with Crippen LogP contribution in [0.5, 0.6) is 0 Å². The number of nitrogens with two attached hydrogens (primary N) is 1. The predicted octanol–water partition coefficient (Wildman–Crippen LogP) is 1.37. The number of rotatable bonds is 5. The summed E-state index contributed by atoms with van der Waals surface area (Å²) in [6.45, 7) is 4.29. The maximum atomic E-state index is 12.3. The standard InChI is InChI=1S/C17H23N3O2/c1-3-14(19-17(22)12(2)18)8-9-16(21)20-11-10-13-6-4-5-7-15(13)20/h4-9,12,14H,3,10-11,18H2,1-2H3,(H,19,22)/b9-8+/t12-,14-/m0/s1. The average Bonchev–Trinajstić information content (AvgIpc) is 2.94. The molecule has 0 radical (unpaired) electrons. The largest absolute Gasteiger partial charge is 0.349 e. The van der Waals surface area contributed by atoms with Gasteiger partial charge in [-0.3, -0.25) is 9.59 Å². The monoisotopic (exact) mass is 301 g/mol. The third-order valence-corrected chi connectivity index (χ3v) is 3.81. The zero-order valence-corrected chi connectivity index (χ0v) is 13.1. The van der Waals surface area contributed by atoms with Crippen LogP contribution >= 0.6 is 0 Å². The Morgan fingerprint density at radius 3 is 2.82 bits per heavy atom. The van der Waals surface area contributed by atoms with Crippen molar-refractivity contribution in [3.8, 4) is 0 Å². The lowest BCUT2D eigenvalue weighted by molar-refractivity contribution is -0.122. The van der Waals surface area contributed by atoms with Gasteiger partial charge in [0.2, 0.25) is 5.91 Å². The molecule has 0 saturated carbocycles. The van der Waals surface area contributed by atoms with Crippen molar-refractivity contribution >= 4 is 17.5 Å². The molecule has 118 valence electrons. The second-order valence-corrected chi connectivity index (χ2v) is 5.54. The Kier molecular flexibility index (Phi) is 5.33. The lowest BCUT2D eigenvalue weighted by Crippen LogP contribution is -2.43. The van der Waals surface area contributed by atoms with Gasteiger partial charge in [-0.25, -0.2) is 0 Å². The Bertz CT molecular complexity index is 581. The third kappa shape index (κ3) is 3.74. The van der Waals surface area contributed by atoms with Gasteiger partial charge in [0, 0.05) is 24.4 Å². The van der Waals surface area contributed by atoms with Crippen LogP contribution in [0.1, 0.15) is 25.8 Å². The van der Waals surface area contributed by atoms with Crippen LogP contribution < -0.4 is 16.0 Å². The average molecular weight is 301 g/mol. The molecule has 0 unspecified atom stereocenters. The summed E-state index contributed by atoms with van der Waals surface area (Å²) < 4.78 is 0. The van der Waals surface area contributed by atoms with Crippen LogP contribution in [0.2, 0.25) is 0 Å². The molecule has 3 N–H and O–H groups in total. The Labute approximate surface area is 131 Å². The van der Waals surface area contributed by atoms with Gasteiger partial charge in [0.1, 0.15) is 0 Å². The number of benzene rings is 1. The highest BCUT2D eigenvalue weighted by Crippen LogP contribution is 2.27. The van der Waals surface area contributed by atoms with Crippen LogP contribution in [0.25, 0.3) is 0 Å². The van der Waals surface area contributed by atoms with E-state index in [0.29, 0.717) is 13.0 Å². The number of hydrogen-bond donors (Lipinski definition) is 2. The fraction of sp³-hybridized carbons (Fsp3) is 0.412. The number of carbonyl (C=O) groups excluding carboxylic acids is 2. The Hall–Kier alpha value is -2.14. The zero-order valence-electron chi connectivity index (χ0n) is 13.1. The highest BCUT2D eigenvalue weighted by molar-refractivity contribution is 6.03. The number of carbonyl (C=O) groups is 2. The number of nitrogens with zero attached hydrogens (tertiary/aromatic N) is 1. The van der Waals surface area contributed by atoms with E-state index < -0.39 is 6.04 Å². The van der Waals surface area contributed by atoms with Crippen molar-refractivity contribution in [2.24, 2.45) is 5.73 Å². The highest BCUT2D eigenvalue weighted by atomic mass is 16.2. The van der Waals surface area contributed by atoms with Gasteiger partial charge >= 0.3 is 0 Å². The van der Waals surface area contributed by atoms with Gasteiger partial charge in [0.05, 0.1) is 6.04 Å². The first-order valence-electron chi connectivity index (χ1n) is 7.66. The molecule has 2 rings (SSSR count). The summed E-state index contributed by atoms with van der Waals surface area (Å²) in [4.78, 5) is 25.7. The second-order valence-electron chi connectivity index (χ2n) is 5.54. The minimum atomic E-state index is -0.552. The highest BCUT2D eigenvalue weighted by Gasteiger charge is 2.22. The van der Waals surface area contributed by atoms with E-state index in [-0.39, 0.29) is 17.9 Å². The minimum Gasteiger partial charge on any atom is -0.349 e. The molecule has 0 fully saturated rings. The first kappa shape index (κ1) is 16.2. The van der Waals surface area contributed by atoms with E-state index in [1.54, 1.807) is 17.9 Å². The Balaban J connectivity index is 2.00. The molecule has 0 spiro atoms. The summed E-state index contributed by atoms with van der Waals surface area (Å²) in [6.07, 6.45) is 4.87. The van der Waals surface area contributed by atoms with Crippen LogP contribution in [0.4, 0.5) is 5.69 Å². The SMILES string of the molecule is CC[C@@H](/C=C/C(=O)N1CCc2ccccc21)NC(=O)[C@H](C)N. The van der Waals surface area contributed by atoms with E-state index in [9.17, 15) is 9.59 Å². The molecule has 1 heterocycles. The topological polar surface area (TPSA) is 75.4 Å². The molecule has 5 nitrogen and oxygen atoms in total. The minimum absolute atomic E-state index is 0.0570. The van der Waals surface area contributed by atoms with Crippen molar-refractivity contribution in [1.29, 1.82) is 0 Å². The van der Waals surface area contributed by atoms with Gasteiger partial charge in [-0.2, -0.15) is 0 Å². The van der Waals surface area contributed by atoms with Crippen molar-refractivity contribution in [3.05, 3.63) is 42.0 Å². The molecule has 1 aliphatic rings. The molecular weight excluding hydrogens is 278 g/mol. The number of para-hydroxylation sites is 1.